The van der Waals surface area contributed by atoms with Crippen LogP contribution < -0.4 is 10.3 Å². The number of phenolic OH excluding ortho intramolecular Hbond substituents is 1. The summed E-state index contributed by atoms with van der Waals surface area (Å²) in [7, 11) is 0. The molecular weight excluding hydrogens is 350 g/mol. The summed E-state index contributed by atoms with van der Waals surface area (Å²) < 4.78 is 0. The number of carbonyl (C=O) groups excluding carboxylic acids is 1. The molecule has 3 aliphatic rings. The zero-order chi connectivity index (χ0) is 19.1. The standard InChI is InChI=1S/C23H25N3O2/c27-22-17(12-16-8-4-10-26-11-5-9-18(22)21(16)26)14-24-25-23(28)20-13-19(20)15-6-2-1-3-7-15/h1-3,6-7,12,14,19-20,27H,4-5,8-11,13H2,(H,25,28). The van der Waals surface area contributed by atoms with Gasteiger partial charge < -0.3 is 10.0 Å². The highest BCUT2D eigenvalue weighted by Crippen LogP contribution is 2.47. The average molecular weight is 375 g/mol. The van der Waals surface area contributed by atoms with Crippen LogP contribution in [0.2, 0.25) is 0 Å². The Morgan fingerprint density at radius 1 is 1.18 bits per heavy atom. The van der Waals surface area contributed by atoms with Crippen molar-refractivity contribution >= 4 is 17.8 Å². The Labute approximate surface area is 165 Å². The third kappa shape index (κ3) is 3.05. The number of aryl methyl sites for hydroxylation is 1. The van der Waals surface area contributed by atoms with E-state index in [9.17, 15) is 9.90 Å². The van der Waals surface area contributed by atoms with Crippen molar-refractivity contribution in [2.75, 3.05) is 18.0 Å². The second-order valence-electron chi connectivity index (χ2n) is 8.09. The fourth-order valence-corrected chi connectivity index (χ4v) is 4.77. The number of phenols is 1. The molecule has 2 aliphatic heterocycles. The predicted octanol–water partition coefficient (Wildman–Crippen LogP) is 3.34. The summed E-state index contributed by atoms with van der Waals surface area (Å²) >= 11 is 0. The van der Waals surface area contributed by atoms with Gasteiger partial charge in [0.2, 0.25) is 5.91 Å². The highest BCUT2D eigenvalue weighted by atomic mass is 16.3. The lowest BCUT2D eigenvalue weighted by Crippen LogP contribution is -2.34. The second kappa shape index (κ2) is 6.97. The molecule has 1 saturated carbocycles. The minimum absolute atomic E-state index is 0.00797. The Balaban J connectivity index is 1.29. The molecule has 5 nitrogen and oxygen atoms in total. The smallest absolute Gasteiger partial charge is 0.243 e. The summed E-state index contributed by atoms with van der Waals surface area (Å²) in [5, 5.41) is 14.9. The van der Waals surface area contributed by atoms with Crippen LogP contribution in [-0.4, -0.2) is 30.3 Å². The van der Waals surface area contributed by atoms with E-state index < -0.39 is 0 Å². The van der Waals surface area contributed by atoms with Gasteiger partial charge in [0, 0.05) is 35.8 Å². The van der Waals surface area contributed by atoms with Gasteiger partial charge in [-0.15, -0.1) is 0 Å². The van der Waals surface area contributed by atoms with Gasteiger partial charge in [-0.3, -0.25) is 4.79 Å². The van der Waals surface area contributed by atoms with Crippen LogP contribution in [0.15, 0.2) is 41.5 Å². The van der Waals surface area contributed by atoms with Crippen LogP contribution in [0, 0.1) is 5.92 Å². The monoisotopic (exact) mass is 375 g/mol. The van der Waals surface area contributed by atoms with Gasteiger partial charge in [0.15, 0.2) is 0 Å². The minimum Gasteiger partial charge on any atom is -0.507 e. The van der Waals surface area contributed by atoms with Crippen LogP contribution in [0.25, 0.3) is 0 Å². The van der Waals surface area contributed by atoms with E-state index in [4.69, 9.17) is 0 Å². The first-order chi connectivity index (χ1) is 13.7. The van der Waals surface area contributed by atoms with Crippen molar-refractivity contribution in [3.05, 3.63) is 58.7 Å². The fourth-order valence-electron chi connectivity index (χ4n) is 4.77. The Morgan fingerprint density at radius 3 is 2.79 bits per heavy atom. The Hall–Kier alpha value is -2.82. The molecule has 2 aromatic carbocycles. The Kier molecular flexibility index (Phi) is 4.30. The van der Waals surface area contributed by atoms with Crippen LogP contribution >= 0.6 is 0 Å². The number of aromatic hydroxyl groups is 1. The highest BCUT2D eigenvalue weighted by Gasteiger charge is 2.43. The van der Waals surface area contributed by atoms with Gasteiger partial charge in [-0.1, -0.05) is 30.3 Å². The number of benzene rings is 2. The lowest BCUT2D eigenvalue weighted by atomic mass is 9.89. The minimum atomic E-state index is -0.0462. The molecule has 0 aromatic heterocycles. The van der Waals surface area contributed by atoms with E-state index in [-0.39, 0.29) is 11.8 Å². The topological polar surface area (TPSA) is 64.9 Å². The highest BCUT2D eigenvalue weighted by molar-refractivity contribution is 5.89. The second-order valence-corrected chi connectivity index (χ2v) is 8.09. The van der Waals surface area contributed by atoms with Gasteiger partial charge in [-0.2, -0.15) is 5.10 Å². The molecule has 0 bridgehead atoms. The van der Waals surface area contributed by atoms with E-state index in [0.717, 1.165) is 50.8 Å². The molecule has 5 rings (SSSR count). The number of hydrogen-bond acceptors (Lipinski definition) is 4. The zero-order valence-corrected chi connectivity index (χ0v) is 15.9. The molecular formula is C23H25N3O2. The number of anilines is 1. The molecule has 1 fully saturated rings. The first kappa shape index (κ1) is 17.3. The molecule has 2 unspecified atom stereocenters. The van der Waals surface area contributed by atoms with Gasteiger partial charge in [0.25, 0.3) is 0 Å². The molecule has 5 heteroatoms. The maximum absolute atomic E-state index is 12.4. The van der Waals surface area contributed by atoms with Gasteiger partial charge in [-0.25, -0.2) is 5.43 Å². The third-order valence-electron chi connectivity index (χ3n) is 6.26. The summed E-state index contributed by atoms with van der Waals surface area (Å²) in [6.45, 7) is 2.15. The molecule has 1 amide bonds. The lowest BCUT2D eigenvalue weighted by Gasteiger charge is -2.37. The molecule has 1 aliphatic carbocycles. The first-order valence-corrected chi connectivity index (χ1v) is 10.2. The molecule has 144 valence electrons. The summed E-state index contributed by atoms with van der Waals surface area (Å²) in [6, 6.07) is 12.2. The molecule has 2 aromatic rings. The molecule has 0 spiro atoms. The number of carbonyl (C=O) groups is 1. The van der Waals surface area contributed by atoms with Gasteiger partial charge in [0.05, 0.1) is 6.21 Å². The van der Waals surface area contributed by atoms with E-state index >= 15 is 0 Å². The summed E-state index contributed by atoms with van der Waals surface area (Å²) in [5.74, 6) is 0.558. The largest absolute Gasteiger partial charge is 0.507 e. The maximum atomic E-state index is 12.4. The van der Waals surface area contributed by atoms with Gasteiger partial charge >= 0.3 is 0 Å². The number of nitrogens with zero attached hydrogens (tertiary/aromatic N) is 2. The van der Waals surface area contributed by atoms with Gasteiger partial charge in [0.1, 0.15) is 5.75 Å². The van der Waals surface area contributed by atoms with Crippen molar-refractivity contribution in [2.45, 2.75) is 38.0 Å². The molecule has 2 atom stereocenters. The van der Waals surface area contributed by atoms with E-state index in [2.05, 4.69) is 27.6 Å². The summed E-state index contributed by atoms with van der Waals surface area (Å²) in [6.07, 6.45) is 6.62. The average Bonchev–Trinajstić information content (AvgIpc) is 3.53. The molecule has 0 radical (unpaired) electrons. The van der Waals surface area contributed by atoms with Crippen LogP contribution in [0.4, 0.5) is 5.69 Å². The number of hydrogen-bond donors (Lipinski definition) is 2. The molecule has 28 heavy (non-hydrogen) atoms. The molecule has 2 N–H and O–H groups in total. The molecule has 0 saturated heterocycles. The molecule has 2 heterocycles. The lowest BCUT2D eigenvalue weighted by molar-refractivity contribution is -0.122. The van der Waals surface area contributed by atoms with Crippen molar-refractivity contribution in [1.82, 2.24) is 5.43 Å². The van der Waals surface area contributed by atoms with Crippen LogP contribution in [0.1, 0.15) is 47.4 Å². The van der Waals surface area contributed by atoms with Crippen LogP contribution in [-0.2, 0) is 17.6 Å². The van der Waals surface area contributed by atoms with E-state index in [1.807, 2.05) is 24.3 Å². The Morgan fingerprint density at radius 2 is 1.96 bits per heavy atom. The first-order valence-electron chi connectivity index (χ1n) is 10.2. The number of hydrazone groups is 1. The van der Waals surface area contributed by atoms with E-state index in [0.29, 0.717) is 17.2 Å². The van der Waals surface area contributed by atoms with E-state index in [1.165, 1.54) is 16.8 Å². The SMILES string of the molecule is O=C(NN=Cc1cc2c3c(c1O)CCCN3CCC2)C1CC1c1ccccc1. The summed E-state index contributed by atoms with van der Waals surface area (Å²) in [4.78, 5) is 14.8. The normalized spacial score (nSPS) is 22.8. The van der Waals surface area contributed by atoms with Crippen molar-refractivity contribution in [2.24, 2.45) is 11.0 Å². The summed E-state index contributed by atoms with van der Waals surface area (Å²) in [5.41, 5.74) is 8.15. The number of amides is 1. The Bertz CT molecular complexity index is 937. The van der Waals surface area contributed by atoms with Crippen molar-refractivity contribution in [3.8, 4) is 5.75 Å². The fraction of sp³-hybridized carbons (Fsp3) is 0.391. The van der Waals surface area contributed by atoms with Crippen LogP contribution in [0.5, 0.6) is 5.75 Å². The van der Waals surface area contributed by atoms with Crippen molar-refractivity contribution < 1.29 is 9.90 Å². The van der Waals surface area contributed by atoms with E-state index in [1.54, 1.807) is 6.21 Å². The third-order valence-corrected chi connectivity index (χ3v) is 6.26. The number of nitrogens with one attached hydrogen (secondary N) is 1. The maximum Gasteiger partial charge on any atom is 0.243 e. The predicted molar refractivity (Wildman–Crippen MR) is 110 cm³/mol. The number of rotatable bonds is 4. The van der Waals surface area contributed by atoms with Gasteiger partial charge in [-0.05, 0) is 55.2 Å². The zero-order valence-electron chi connectivity index (χ0n) is 15.9. The van der Waals surface area contributed by atoms with Crippen LogP contribution in [0.3, 0.4) is 0 Å². The quantitative estimate of drug-likeness (QED) is 0.636. The van der Waals surface area contributed by atoms with Crippen molar-refractivity contribution in [3.63, 3.8) is 0 Å². The van der Waals surface area contributed by atoms with Crippen molar-refractivity contribution in [1.29, 1.82) is 0 Å².